The van der Waals surface area contributed by atoms with Gasteiger partial charge < -0.3 is 5.32 Å². The summed E-state index contributed by atoms with van der Waals surface area (Å²) in [5.41, 5.74) is 3.04. The van der Waals surface area contributed by atoms with Gasteiger partial charge in [-0.1, -0.05) is 23.8 Å². The lowest BCUT2D eigenvalue weighted by Gasteiger charge is -2.27. The standard InChI is InChI=1S/C16H17N3O3S/c1-11-3-7-14(8-4-11)23(21,22)18-13-6-5-12-10-17-16(20)19(2)15(12)9-13/h3-9,18H,10H2,1-2H3,(H,17,20). The molecule has 1 aliphatic heterocycles. The molecule has 0 spiro atoms. The van der Waals surface area contributed by atoms with Gasteiger partial charge in [0.25, 0.3) is 10.0 Å². The second-order valence-electron chi connectivity index (χ2n) is 5.48. The molecule has 0 radical (unpaired) electrons. The number of benzene rings is 2. The highest BCUT2D eigenvalue weighted by molar-refractivity contribution is 7.92. The third kappa shape index (κ3) is 3.00. The molecule has 0 unspecified atom stereocenters. The quantitative estimate of drug-likeness (QED) is 0.907. The second-order valence-corrected chi connectivity index (χ2v) is 7.16. The third-order valence-electron chi connectivity index (χ3n) is 3.76. The number of rotatable bonds is 3. The van der Waals surface area contributed by atoms with E-state index in [2.05, 4.69) is 10.0 Å². The number of urea groups is 1. The zero-order chi connectivity index (χ0) is 16.6. The maximum atomic E-state index is 12.4. The Kier molecular flexibility index (Phi) is 3.73. The van der Waals surface area contributed by atoms with Gasteiger partial charge in [-0.15, -0.1) is 0 Å². The molecule has 2 amide bonds. The lowest BCUT2D eigenvalue weighted by molar-refractivity contribution is 0.246. The van der Waals surface area contributed by atoms with Crippen LogP contribution in [0, 0.1) is 6.92 Å². The van der Waals surface area contributed by atoms with Crippen molar-refractivity contribution in [1.29, 1.82) is 0 Å². The minimum absolute atomic E-state index is 0.201. The van der Waals surface area contributed by atoms with Crippen molar-refractivity contribution < 1.29 is 13.2 Å². The van der Waals surface area contributed by atoms with Gasteiger partial charge in [0, 0.05) is 13.6 Å². The average Bonchev–Trinajstić information content (AvgIpc) is 2.51. The lowest BCUT2D eigenvalue weighted by atomic mass is 10.1. The van der Waals surface area contributed by atoms with Crippen molar-refractivity contribution in [3.8, 4) is 0 Å². The molecule has 0 aromatic heterocycles. The van der Waals surface area contributed by atoms with Crippen LogP contribution >= 0.6 is 0 Å². The number of anilines is 2. The van der Waals surface area contributed by atoms with Crippen LogP contribution in [0.15, 0.2) is 47.4 Å². The summed E-state index contributed by atoms with van der Waals surface area (Å²) >= 11 is 0. The Morgan fingerprint density at radius 2 is 1.83 bits per heavy atom. The number of carbonyl (C=O) groups is 1. The Hall–Kier alpha value is -2.54. The van der Waals surface area contributed by atoms with Crippen molar-refractivity contribution in [3.05, 3.63) is 53.6 Å². The zero-order valence-electron chi connectivity index (χ0n) is 12.8. The number of hydrogen-bond donors (Lipinski definition) is 2. The van der Waals surface area contributed by atoms with Gasteiger partial charge in [0.15, 0.2) is 0 Å². The molecule has 3 rings (SSSR count). The molecule has 0 saturated carbocycles. The SMILES string of the molecule is Cc1ccc(S(=O)(=O)Nc2ccc3c(c2)N(C)C(=O)NC3)cc1. The van der Waals surface area contributed by atoms with Gasteiger partial charge in [0.2, 0.25) is 0 Å². The molecule has 2 N–H and O–H groups in total. The summed E-state index contributed by atoms with van der Waals surface area (Å²) in [7, 11) is -2.01. The summed E-state index contributed by atoms with van der Waals surface area (Å²) < 4.78 is 27.4. The van der Waals surface area contributed by atoms with Gasteiger partial charge in [-0.2, -0.15) is 0 Å². The van der Waals surface area contributed by atoms with Crippen molar-refractivity contribution in [2.24, 2.45) is 0 Å². The van der Waals surface area contributed by atoms with Gasteiger partial charge in [0.1, 0.15) is 0 Å². The Balaban J connectivity index is 1.91. The minimum atomic E-state index is -3.66. The van der Waals surface area contributed by atoms with Gasteiger partial charge in [-0.25, -0.2) is 13.2 Å². The predicted octanol–water partition coefficient (Wildman–Crippen LogP) is 2.46. The van der Waals surface area contributed by atoms with Crippen LogP contribution in [0.3, 0.4) is 0 Å². The molecule has 2 aromatic rings. The van der Waals surface area contributed by atoms with Crippen LogP contribution in [-0.2, 0) is 16.6 Å². The molecule has 120 valence electrons. The van der Waals surface area contributed by atoms with Crippen LogP contribution in [0.5, 0.6) is 0 Å². The maximum absolute atomic E-state index is 12.4. The van der Waals surface area contributed by atoms with Crippen LogP contribution in [0.1, 0.15) is 11.1 Å². The Morgan fingerprint density at radius 3 is 2.52 bits per heavy atom. The normalized spacial score (nSPS) is 14.2. The van der Waals surface area contributed by atoms with E-state index in [1.807, 2.05) is 6.92 Å². The number of sulfonamides is 1. The van der Waals surface area contributed by atoms with Crippen LogP contribution in [0.2, 0.25) is 0 Å². The number of nitrogens with zero attached hydrogens (tertiary/aromatic N) is 1. The van der Waals surface area contributed by atoms with Crippen LogP contribution in [0.4, 0.5) is 16.2 Å². The topological polar surface area (TPSA) is 78.5 Å². The summed E-state index contributed by atoms with van der Waals surface area (Å²) in [4.78, 5) is 13.3. The summed E-state index contributed by atoms with van der Waals surface area (Å²) in [6, 6.07) is 11.6. The number of nitrogens with one attached hydrogen (secondary N) is 2. The smallest absolute Gasteiger partial charge is 0.321 e. The van der Waals surface area contributed by atoms with E-state index in [1.165, 1.54) is 4.90 Å². The molecule has 1 heterocycles. The second kappa shape index (κ2) is 5.58. The van der Waals surface area contributed by atoms with E-state index in [9.17, 15) is 13.2 Å². The number of aryl methyl sites for hydroxylation is 1. The van der Waals surface area contributed by atoms with Crippen LogP contribution in [0.25, 0.3) is 0 Å². The number of carbonyl (C=O) groups excluding carboxylic acids is 1. The van der Waals surface area contributed by atoms with Gasteiger partial charge in [0.05, 0.1) is 16.3 Å². The molecule has 6 nitrogen and oxygen atoms in total. The molecule has 7 heteroatoms. The van der Waals surface area contributed by atoms with Crippen molar-refractivity contribution >= 4 is 27.4 Å². The first-order valence-electron chi connectivity index (χ1n) is 7.11. The summed E-state index contributed by atoms with van der Waals surface area (Å²) in [6.45, 7) is 2.33. The van der Waals surface area contributed by atoms with Crippen molar-refractivity contribution in [1.82, 2.24) is 5.32 Å². The van der Waals surface area contributed by atoms with Gasteiger partial charge in [-0.3, -0.25) is 9.62 Å². The summed E-state index contributed by atoms with van der Waals surface area (Å²) in [5.74, 6) is 0. The minimum Gasteiger partial charge on any atom is -0.334 e. The number of hydrogen-bond acceptors (Lipinski definition) is 3. The van der Waals surface area contributed by atoms with Crippen LogP contribution < -0.4 is 14.9 Å². The Morgan fingerprint density at radius 1 is 1.13 bits per heavy atom. The van der Waals surface area contributed by atoms with Crippen molar-refractivity contribution in [2.75, 3.05) is 16.7 Å². The van der Waals surface area contributed by atoms with Crippen LogP contribution in [-0.4, -0.2) is 21.5 Å². The first-order chi connectivity index (χ1) is 10.9. The highest BCUT2D eigenvalue weighted by Gasteiger charge is 2.21. The fourth-order valence-corrected chi connectivity index (χ4v) is 3.47. The van der Waals surface area contributed by atoms with Gasteiger partial charge in [-0.05, 0) is 36.8 Å². The average molecular weight is 331 g/mol. The molecule has 0 atom stereocenters. The highest BCUT2D eigenvalue weighted by atomic mass is 32.2. The molecule has 2 aromatic carbocycles. The molecule has 23 heavy (non-hydrogen) atoms. The molecule has 1 aliphatic rings. The van der Waals surface area contributed by atoms with E-state index in [1.54, 1.807) is 49.5 Å². The first kappa shape index (κ1) is 15.4. The van der Waals surface area contributed by atoms with E-state index in [0.717, 1.165) is 11.1 Å². The molecule has 0 bridgehead atoms. The maximum Gasteiger partial charge on any atom is 0.321 e. The molecular formula is C16H17N3O3S. The Labute approximate surface area is 135 Å². The van der Waals surface area contributed by atoms with E-state index < -0.39 is 10.0 Å². The number of amides is 2. The van der Waals surface area contributed by atoms with E-state index in [0.29, 0.717) is 17.9 Å². The molecule has 0 aliphatic carbocycles. The van der Waals surface area contributed by atoms with E-state index in [-0.39, 0.29) is 10.9 Å². The summed E-state index contributed by atoms with van der Waals surface area (Å²) in [5, 5.41) is 2.74. The summed E-state index contributed by atoms with van der Waals surface area (Å²) in [6.07, 6.45) is 0. The van der Waals surface area contributed by atoms with Crippen molar-refractivity contribution in [2.45, 2.75) is 18.4 Å². The molecule has 0 saturated heterocycles. The highest BCUT2D eigenvalue weighted by Crippen LogP contribution is 2.28. The monoisotopic (exact) mass is 331 g/mol. The van der Waals surface area contributed by atoms with E-state index in [4.69, 9.17) is 0 Å². The third-order valence-corrected chi connectivity index (χ3v) is 5.16. The Bertz CT molecular complexity index is 861. The van der Waals surface area contributed by atoms with Crippen molar-refractivity contribution in [3.63, 3.8) is 0 Å². The lowest BCUT2D eigenvalue weighted by Crippen LogP contribution is -2.41. The van der Waals surface area contributed by atoms with E-state index >= 15 is 0 Å². The fraction of sp³-hybridized carbons (Fsp3) is 0.188. The largest absolute Gasteiger partial charge is 0.334 e. The number of fused-ring (bicyclic) bond motifs is 1. The molecular weight excluding hydrogens is 314 g/mol. The first-order valence-corrected chi connectivity index (χ1v) is 8.59. The molecule has 0 fully saturated rings. The van der Waals surface area contributed by atoms with Gasteiger partial charge >= 0.3 is 6.03 Å². The predicted molar refractivity (Wildman–Crippen MR) is 89.1 cm³/mol. The fourth-order valence-electron chi connectivity index (χ4n) is 2.42. The zero-order valence-corrected chi connectivity index (χ0v) is 13.6.